The Hall–Kier alpha value is -4.61. The van der Waals surface area contributed by atoms with E-state index >= 15 is 0 Å². The number of aliphatic carboxylic acids is 1. The van der Waals surface area contributed by atoms with Crippen LogP contribution in [0.4, 0.5) is 14.5 Å². The molecule has 0 aliphatic carbocycles. The number of rotatable bonds is 9. The number of hydrogen-bond acceptors (Lipinski definition) is 6. The van der Waals surface area contributed by atoms with Crippen molar-refractivity contribution in [3.05, 3.63) is 81.7 Å². The molecule has 0 saturated heterocycles. The molecule has 3 heterocycles. The number of carbonyl (C=O) groups is 2. The quantitative estimate of drug-likeness (QED) is 0.298. The Labute approximate surface area is 222 Å². The number of pyridine rings is 1. The summed E-state index contributed by atoms with van der Waals surface area (Å²) >= 11 is 0. The number of aromatic nitrogens is 4. The number of nitrogens with zero attached hydrogens (tertiary/aromatic N) is 4. The standard InChI is InChI=1S/C27H28F2N6O4/c1-5-15(3)32-16-10-19(28)23(20(29)11-16)25(36)33-21(27(38)39)12-17-6-7-18(24-30-8-9-35(17)24)22-14(2)13-31-34(4)26(22)37/h6-11,13,15,21,32H,5,12H2,1-4H3,(H,33,36)(H,38,39)/t15-,21-/m0/s1. The van der Waals surface area contributed by atoms with Crippen molar-refractivity contribution >= 4 is 23.2 Å². The van der Waals surface area contributed by atoms with E-state index in [1.165, 1.54) is 17.9 Å². The number of halogens is 2. The van der Waals surface area contributed by atoms with Gasteiger partial charge in [0, 0.05) is 48.8 Å². The zero-order chi connectivity index (χ0) is 28.4. The monoisotopic (exact) mass is 538 g/mol. The molecule has 12 heteroatoms. The second-order valence-electron chi connectivity index (χ2n) is 9.33. The summed E-state index contributed by atoms with van der Waals surface area (Å²) in [6.07, 6.45) is 5.15. The van der Waals surface area contributed by atoms with Gasteiger partial charge in [-0.05, 0) is 50.1 Å². The molecule has 2 atom stereocenters. The van der Waals surface area contributed by atoms with Gasteiger partial charge in [-0.15, -0.1) is 0 Å². The number of nitrogens with one attached hydrogen (secondary N) is 2. The third-order valence-electron chi connectivity index (χ3n) is 6.54. The van der Waals surface area contributed by atoms with Crippen LogP contribution >= 0.6 is 0 Å². The van der Waals surface area contributed by atoms with Gasteiger partial charge in [-0.3, -0.25) is 9.59 Å². The summed E-state index contributed by atoms with van der Waals surface area (Å²) in [6.45, 7) is 5.50. The van der Waals surface area contributed by atoms with E-state index in [0.717, 1.165) is 18.6 Å². The molecular weight excluding hydrogens is 510 g/mol. The number of carboxylic acid groups (broad SMARTS) is 1. The molecule has 0 radical (unpaired) electrons. The van der Waals surface area contributed by atoms with Gasteiger partial charge in [0.15, 0.2) is 0 Å². The lowest BCUT2D eigenvalue weighted by Gasteiger charge is -2.18. The lowest BCUT2D eigenvalue weighted by molar-refractivity contribution is -0.139. The third kappa shape index (κ3) is 5.49. The normalized spacial score (nSPS) is 12.8. The van der Waals surface area contributed by atoms with Crippen LogP contribution in [0.5, 0.6) is 0 Å². The molecule has 1 aromatic carbocycles. The predicted octanol–water partition coefficient (Wildman–Crippen LogP) is 3.32. The van der Waals surface area contributed by atoms with E-state index in [1.54, 1.807) is 35.9 Å². The Morgan fingerprint density at radius 3 is 2.51 bits per heavy atom. The largest absolute Gasteiger partial charge is 0.480 e. The summed E-state index contributed by atoms with van der Waals surface area (Å²) in [6, 6.07) is 3.70. The molecule has 39 heavy (non-hydrogen) atoms. The van der Waals surface area contributed by atoms with Crippen LogP contribution in [0, 0.1) is 18.6 Å². The molecule has 0 saturated carbocycles. The first kappa shape index (κ1) is 27.4. The predicted molar refractivity (Wildman–Crippen MR) is 141 cm³/mol. The fraction of sp³-hybridized carbons (Fsp3) is 0.296. The zero-order valence-corrected chi connectivity index (χ0v) is 21.8. The highest BCUT2D eigenvalue weighted by Crippen LogP contribution is 2.25. The van der Waals surface area contributed by atoms with Gasteiger partial charge in [-0.1, -0.05) is 6.92 Å². The van der Waals surface area contributed by atoms with Crippen molar-refractivity contribution in [2.24, 2.45) is 7.05 Å². The summed E-state index contributed by atoms with van der Waals surface area (Å²) in [7, 11) is 1.53. The van der Waals surface area contributed by atoms with E-state index in [2.05, 4.69) is 20.7 Å². The zero-order valence-electron chi connectivity index (χ0n) is 21.8. The molecule has 0 fully saturated rings. The van der Waals surface area contributed by atoms with Gasteiger partial charge in [0.1, 0.15) is 28.9 Å². The topological polar surface area (TPSA) is 131 Å². The number of amides is 1. The number of carboxylic acids is 1. The van der Waals surface area contributed by atoms with E-state index in [4.69, 9.17) is 0 Å². The highest BCUT2D eigenvalue weighted by atomic mass is 19.1. The fourth-order valence-electron chi connectivity index (χ4n) is 4.28. The van der Waals surface area contributed by atoms with Crippen molar-refractivity contribution in [2.75, 3.05) is 5.32 Å². The molecule has 204 valence electrons. The molecule has 1 amide bonds. The van der Waals surface area contributed by atoms with Gasteiger partial charge in [-0.2, -0.15) is 5.10 Å². The Kier molecular flexibility index (Phi) is 7.75. The van der Waals surface area contributed by atoms with E-state index in [-0.39, 0.29) is 23.7 Å². The number of aryl methyl sites for hydroxylation is 2. The highest BCUT2D eigenvalue weighted by molar-refractivity contribution is 5.97. The minimum absolute atomic E-state index is 0.0447. The van der Waals surface area contributed by atoms with Gasteiger partial charge in [0.25, 0.3) is 11.5 Å². The molecule has 4 rings (SSSR count). The summed E-state index contributed by atoms with van der Waals surface area (Å²) in [5.74, 6) is -4.81. The van der Waals surface area contributed by atoms with Crippen molar-refractivity contribution in [1.82, 2.24) is 24.5 Å². The Morgan fingerprint density at radius 1 is 1.18 bits per heavy atom. The third-order valence-corrected chi connectivity index (χ3v) is 6.54. The van der Waals surface area contributed by atoms with Crippen molar-refractivity contribution in [1.29, 1.82) is 0 Å². The molecule has 0 aliphatic rings. The van der Waals surface area contributed by atoms with Crippen LogP contribution in [0.2, 0.25) is 0 Å². The molecule has 3 aromatic heterocycles. The average Bonchev–Trinajstić information content (AvgIpc) is 3.37. The van der Waals surface area contributed by atoms with Crippen LogP contribution in [0.25, 0.3) is 16.8 Å². The van der Waals surface area contributed by atoms with Crippen LogP contribution in [0.3, 0.4) is 0 Å². The Bertz CT molecular complexity index is 1610. The molecule has 0 bridgehead atoms. The highest BCUT2D eigenvalue weighted by Gasteiger charge is 2.27. The van der Waals surface area contributed by atoms with E-state index in [9.17, 15) is 28.3 Å². The lowest BCUT2D eigenvalue weighted by Crippen LogP contribution is -2.43. The molecule has 0 spiro atoms. The average molecular weight is 539 g/mol. The SMILES string of the molecule is CC[C@H](C)Nc1cc(F)c(C(=O)N[C@@H](Cc2ccc(-c3c(C)cnn(C)c3=O)c3nccn23)C(=O)O)c(F)c1. The number of anilines is 1. The van der Waals surface area contributed by atoms with Crippen LogP contribution in [-0.2, 0) is 18.3 Å². The van der Waals surface area contributed by atoms with Crippen LogP contribution < -0.4 is 16.2 Å². The number of imidazole rings is 1. The van der Waals surface area contributed by atoms with Crippen LogP contribution in [0.1, 0.15) is 41.9 Å². The molecule has 3 N–H and O–H groups in total. The number of carbonyl (C=O) groups excluding carboxylic acids is 1. The van der Waals surface area contributed by atoms with Crippen LogP contribution in [-0.4, -0.2) is 48.2 Å². The number of hydrogen-bond donors (Lipinski definition) is 3. The fourth-order valence-corrected chi connectivity index (χ4v) is 4.28. The molecule has 0 aliphatic heterocycles. The first-order chi connectivity index (χ1) is 18.5. The smallest absolute Gasteiger partial charge is 0.326 e. The second-order valence-corrected chi connectivity index (χ2v) is 9.33. The molecular formula is C27H28F2N6O4. The van der Waals surface area contributed by atoms with Crippen LogP contribution in [0.15, 0.2) is 47.7 Å². The van der Waals surface area contributed by atoms with E-state index in [1.807, 2.05) is 13.8 Å². The van der Waals surface area contributed by atoms with Gasteiger partial charge >= 0.3 is 5.97 Å². The Morgan fingerprint density at radius 2 is 1.87 bits per heavy atom. The number of benzene rings is 1. The van der Waals surface area contributed by atoms with Gasteiger partial charge in [-0.25, -0.2) is 23.2 Å². The summed E-state index contributed by atoms with van der Waals surface area (Å²) < 4.78 is 32.3. The summed E-state index contributed by atoms with van der Waals surface area (Å²) in [5.41, 5.74) is 1.38. The maximum absolute atomic E-state index is 14.7. The summed E-state index contributed by atoms with van der Waals surface area (Å²) in [4.78, 5) is 42.0. The summed E-state index contributed by atoms with van der Waals surface area (Å²) in [5, 5.41) is 19.0. The van der Waals surface area contributed by atoms with Crippen molar-refractivity contribution < 1.29 is 23.5 Å². The van der Waals surface area contributed by atoms with Gasteiger partial charge in [0.05, 0.1) is 11.8 Å². The molecule has 0 unspecified atom stereocenters. The number of fused-ring (bicyclic) bond motifs is 1. The first-order valence-corrected chi connectivity index (χ1v) is 12.3. The maximum Gasteiger partial charge on any atom is 0.326 e. The minimum atomic E-state index is -1.51. The van der Waals surface area contributed by atoms with E-state index < -0.39 is 35.1 Å². The Balaban J connectivity index is 1.64. The molecule has 4 aromatic rings. The van der Waals surface area contributed by atoms with Crippen molar-refractivity contribution in [3.63, 3.8) is 0 Å². The molecule has 10 nitrogen and oxygen atoms in total. The second kappa shape index (κ2) is 11.0. The lowest BCUT2D eigenvalue weighted by atomic mass is 10.0. The first-order valence-electron chi connectivity index (χ1n) is 12.3. The maximum atomic E-state index is 14.7. The van der Waals surface area contributed by atoms with Gasteiger partial charge < -0.3 is 20.1 Å². The van der Waals surface area contributed by atoms with Crippen molar-refractivity contribution in [2.45, 2.75) is 45.7 Å². The minimum Gasteiger partial charge on any atom is -0.480 e. The van der Waals surface area contributed by atoms with Crippen molar-refractivity contribution in [3.8, 4) is 11.1 Å². The van der Waals surface area contributed by atoms with Gasteiger partial charge in [0.2, 0.25) is 0 Å². The van der Waals surface area contributed by atoms with E-state index in [0.29, 0.717) is 28.0 Å².